The Bertz CT molecular complexity index is 958. The summed E-state index contributed by atoms with van der Waals surface area (Å²) in [6, 6.07) is 11.3. The van der Waals surface area contributed by atoms with Crippen LogP contribution >= 0.6 is 0 Å². The molecule has 3 aromatic rings. The fourth-order valence-corrected chi connectivity index (χ4v) is 2.66. The van der Waals surface area contributed by atoms with E-state index in [0.717, 1.165) is 29.0 Å². The van der Waals surface area contributed by atoms with Crippen LogP contribution in [0.3, 0.4) is 0 Å². The average molecular weight is 351 g/mol. The first-order valence-corrected chi connectivity index (χ1v) is 8.60. The molecule has 2 aromatic heterocycles. The van der Waals surface area contributed by atoms with Gasteiger partial charge in [-0.2, -0.15) is 0 Å². The van der Waals surface area contributed by atoms with Crippen molar-refractivity contribution in [1.29, 1.82) is 0 Å². The van der Waals surface area contributed by atoms with E-state index in [1.54, 1.807) is 12.3 Å². The highest BCUT2D eigenvalue weighted by Crippen LogP contribution is 2.21. The maximum Gasteiger partial charge on any atom is 0.260 e. The van der Waals surface area contributed by atoms with Gasteiger partial charge in [-0.3, -0.25) is 9.59 Å². The fraction of sp³-hybridized carbons (Fsp3) is 0.250. The molecule has 0 bridgehead atoms. The van der Waals surface area contributed by atoms with Crippen molar-refractivity contribution < 1.29 is 9.21 Å². The van der Waals surface area contributed by atoms with E-state index < -0.39 is 0 Å². The van der Waals surface area contributed by atoms with Gasteiger partial charge in [-0.15, -0.1) is 0 Å². The number of aromatic nitrogens is 2. The van der Waals surface area contributed by atoms with Gasteiger partial charge in [0.15, 0.2) is 0 Å². The van der Waals surface area contributed by atoms with Gasteiger partial charge in [-0.1, -0.05) is 25.1 Å². The number of hydrogen-bond acceptors (Lipinski definition) is 4. The number of nitrogens with zero attached hydrogens (tertiary/aromatic N) is 1. The maximum absolute atomic E-state index is 12.3. The molecular formula is C20H21N3O3. The summed E-state index contributed by atoms with van der Waals surface area (Å²) in [5, 5.41) is 2.78. The third-order valence-electron chi connectivity index (χ3n) is 4.18. The van der Waals surface area contributed by atoms with E-state index in [2.05, 4.69) is 15.3 Å². The van der Waals surface area contributed by atoms with Crippen molar-refractivity contribution in [1.82, 2.24) is 15.3 Å². The van der Waals surface area contributed by atoms with Gasteiger partial charge < -0.3 is 14.7 Å². The van der Waals surface area contributed by atoms with Gasteiger partial charge in [0.2, 0.25) is 5.89 Å². The number of oxazole rings is 1. The lowest BCUT2D eigenvalue weighted by atomic mass is 10.1. The molecule has 1 amide bonds. The molecule has 3 rings (SSSR count). The van der Waals surface area contributed by atoms with Crippen LogP contribution in [0.25, 0.3) is 11.5 Å². The van der Waals surface area contributed by atoms with Crippen LogP contribution in [0.4, 0.5) is 0 Å². The van der Waals surface area contributed by atoms with Crippen molar-refractivity contribution in [3.05, 3.63) is 75.5 Å². The summed E-state index contributed by atoms with van der Waals surface area (Å²) >= 11 is 0. The minimum atomic E-state index is -0.385. The Hall–Kier alpha value is -3.15. The molecule has 6 nitrogen and oxygen atoms in total. The second kappa shape index (κ2) is 7.82. The molecule has 0 aliphatic heterocycles. The number of rotatable bonds is 6. The van der Waals surface area contributed by atoms with Crippen molar-refractivity contribution in [3.8, 4) is 11.5 Å². The predicted molar refractivity (Wildman–Crippen MR) is 99.2 cm³/mol. The summed E-state index contributed by atoms with van der Waals surface area (Å²) in [6.45, 7) is 4.19. The van der Waals surface area contributed by atoms with Gasteiger partial charge in [0.25, 0.3) is 11.5 Å². The largest absolute Gasteiger partial charge is 0.441 e. The van der Waals surface area contributed by atoms with Gasteiger partial charge in [-0.05, 0) is 37.1 Å². The first-order valence-electron chi connectivity index (χ1n) is 8.60. The number of carbonyl (C=O) groups is 1. The second-order valence-electron chi connectivity index (χ2n) is 6.00. The maximum atomic E-state index is 12.3. The summed E-state index contributed by atoms with van der Waals surface area (Å²) in [7, 11) is 0. The second-order valence-corrected chi connectivity index (χ2v) is 6.00. The zero-order valence-electron chi connectivity index (χ0n) is 14.8. The first-order chi connectivity index (χ1) is 12.6. The van der Waals surface area contributed by atoms with Gasteiger partial charge in [-0.25, -0.2) is 4.98 Å². The fourth-order valence-electron chi connectivity index (χ4n) is 2.66. The lowest BCUT2D eigenvalue weighted by Crippen LogP contribution is -2.31. The molecule has 6 heteroatoms. The van der Waals surface area contributed by atoms with Crippen LogP contribution in [0.2, 0.25) is 0 Å². The van der Waals surface area contributed by atoms with Crippen molar-refractivity contribution in [2.75, 3.05) is 6.54 Å². The molecule has 0 radical (unpaired) electrons. The van der Waals surface area contributed by atoms with Gasteiger partial charge in [0, 0.05) is 24.7 Å². The lowest BCUT2D eigenvalue weighted by Gasteiger charge is -2.05. The molecule has 0 atom stereocenters. The molecule has 0 saturated heterocycles. The quantitative estimate of drug-likeness (QED) is 0.715. The lowest BCUT2D eigenvalue weighted by molar-refractivity contribution is 0.0952. The van der Waals surface area contributed by atoms with E-state index in [1.165, 1.54) is 0 Å². The number of benzene rings is 1. The number of carbonyl (C=O) groups excluding carboxylic acids is 1. The van der Waals surface area contributed by atoms with Crippen molar-refractivity contribution in [2.45, 2.75) is 26.7 Å². The Morgan fingerprint density at radius 1 is 1.27 bits per heavy atom. The molecule has 1 aromatic carbocycles. The SMILES string of the molecule is CCc1c[nH]c(=O)c(C(=O)NCCc2nc(-c3ccccc3)oc2C)c1. The summed E-state index contributed by atoms with van der Waals surface area (Å²) in [5.74, 6) is 0.909. The molecule has 0 aliphatic carbocycles. The van der Waals surface area contributed by atoms with Crippen LogP contribution in [0, 0.1) is 6.92 Å². The molecule has 26 heavy (non-hydrogen) atoms. The number of amides is 1. The number of hydrogen-bond donors (Lipinski definition) is 2. The topological polar surface area (TPSA) is 88.0 Å². The van der Waals surface area contributed by atoms with Crippen LogP contribution in [-0.2, 0) is 12.8 Å². The molecule has 0 spiro atoms. The third-order valence-corrected chi connectivity index (χ3v) is 4.18. The highest BCUT2D eigenvalue weighted by Gasteiger charge is 2.13. The number of H-pyrrole nitrogens is 1. The number of aryl methyl sites for hydroxylation is 2. The van der Waals surface area contributed by atoms with Crippen LogP contribution in [0.5, 0.6) is 0 Å². The first kappa shape index (κ1) is 17.7. The Morgan fingerprint density at radius 3 is 2.77 bits per heavy atom. The Morgan fingerprint density at radius 2 is 2.04 bits per heavy atom. The van der Waals surface area contributed by atoms with Crippen LogP contribution < -0.4 is 10.9 Å². The van der Waals surface area contributed by atoms with Crippen molar-refractivity contribution in [3.63, 3.8) is 0 Å². The van der Waals surface area contributed by atoms with E-state index in [4.69, 9.17) is 4.42 Å². The molecule has 134 valence electrons. The minimum absolute atomic E-state index is 0.131. The Kier molecular flexibility index (Phi) is 5.31. The average Bonchev–Trinajstić information content (AvgIpc) is 3.03. The zero-order chi connectivity index (χ0) is 18.5. The molecule has 2 N–H and O–H groups in total. The Balaban J connectivity index is 1.64. The number of aromatic amines is 1. The summed E-state index contributed by atoms with van der Waals surface area (Å²) in [5.41, 5.74) is 2.36. The summed E-state index contributed by atoms with van der Waals surface area (Å²) in [6.07, 6.45) is 2.90. The van der Waals surface area contributed by atoms with E-state index in [-0.39, 0.29) is 17.0 Å². The van der Waals surface area contributed by atoms with Crippen LogP contribution in [0.15, 0.2) is 51.8 Å². The summed E-state index contributed by atoms with van der Waals surface area (Å²) in [4.78, 5) is 31.2. The minimum Gasteiger partial charge on any atom is -0.441 e. The number of nitrogens with one attached hydrogen (secondary N) is 2. The molecule has 0 saturated carbocycles. The predicted octanol–water partition coefficient (Wildman–Crippen LogP) is 2.87. The standard InChI is InChI=1S/C20H21N3O3/c1-3-14-11-16(19(25)22-12-14)18(24)21-10-9-17-13(2)26-20(23-17)15-7-5-4-6-8-15/h4-8,11-12H,3,9-10H2,1-2H3,(H,21,24)(H,22,25). The Labute approximate surface area is 151 Å². The zero-order valence-corrected chi connectivity index (χ0v) is 14.8. The molecule has 0 aliphatic rings. The van der Waals surface area contributed by atoms with Crippen molar-refractivity contribution >= 4 is 5.91 Å². The van der Waals surface area contributed by atoms with E-state index in [0.29, 0.717) is 18.9 Å². The van der Waals surface area contributed by atoms with Crippen LogP contribution in [-0.4, -0.2) is 22.4 Å². The normalized spacial score (nSPS) is 10.7. The van der Waals surface area contributed by atoms with E-state index in [9.17, 15) is 9.59 Å². The summed E-state index contributed by atoms with van der Waals surface area (Å²) < 4.78 is 5.71. The molecule has 2 heterocycles. The van der Waals surface area contributed by atoms with Gasteiger partial charge >= 0.3 is 0 Å². The van der Waals surface area contributed by atoms with Gasteiger partial charge in [0.05, 0.1) is 5.69 Å². The molecule has 0 unspecified atom stereocenters. The third kappa shape index (κ3) is 3.91. The highest BCUT2D eigenvalue weighted by atomic mass is 16.4. The number of pyridine rings is 1. The van der Waals surface area contributed by atoms with E-state index in [1.807, 2.05) is 44.2 Å². The van der Waals surface area contributed by atoms with Gasteiger partial charge in [0.1, 0.15) is 11.3 Å². The molecular weight excluding hydrogens is 330 g/mol. The smallest absolute Gasteiger partial charge is 0.260 e. The molecule has 0 fully saturated rings. The monoisotopic (exact) mass is 351 g/mol. The van der Waals surface area contributed by atoms with Crippen LogP contribution in [0.1, 0.15) is 34.3 Å². The van der Waals surface area contributed by atoms with E-state index >= 15 is 0 Å². The van der Waals surface area contributed by atoms with Crippen molar-refractivity contribution in [2.24, 2.45) is 0 Å². The highest BCUT2D eigenvalue weighted by molar-refractivity contribution is 5.93.